The standard InChI is InChI=1S/C20H22N2O5S2/c1-4-22(5-2)29(24,25)16-7-9-19(21-12-16)28-13-14-10-20(23)27-18-11-15(26-3)6-8-17(14)18/h6-12H,4-5,13H2,1-3H3. The summed E-state index contributed by atoms with van der Waals surface area (Å²) in [5.74, 6) is 1.10. The van der Waals surface area contributed by atoms with Crippen LogP contribution in [0.1, 0.15) is 19.4 Å². The van der Waals surface area contributed by atoms with Gasteiger partial charge in [0.1, 0.15) is 16.2 Å². The molecule has 2 aromatic heterocycles. The van der Waals surface area contributed by atoms with Crippen molar-refractivity contribution in [2.24, 2.45) is 0 Å². The summed E-state index contributed by atoms with van der Waals surface area (Å²) in [5, 5.41) is 1.48. The first-order chi connectivity index (χ1) is 13.9. The predicted octanol–water partition coefficient (Wildman–Crippen LogP) is 3.52. The summed E-state index contributed by atoms with van der Waals surface area (Å²) in [5.41, 5.74) is 0.835. The molecule has 3 rings (SSSR count). The van der Waals surface area contributed by atoms with Crippen LogP contribution in [0.5, 0.6) is 5.75 Å². The highest BCUT2D eigenvalue weighted by molar-refractivity contribution is 7.98. The lowest BCUT2D eigenvalue weighted by atomic mass is 10.1. The van der Waals surface area contributed by atoms with Crippen molar-refractivity contribution in [3.8, 4) is 5.75 Å². The predicted molar refractivity (Wildman–Crippen MR) is 113 cm³/mol. The third-order valence-corrected chi connectivity index (χ3v) is 7.49. The first-order valence-electron chi connectivity index (χ1n) is 9.08. The zero-order valence-corrected chi connectivity index (χ0v) is 18.0. The van der Waals surface area contributed by atoms with Crippen LogP contribution in [0.4, 0.5) is 0 Å². The molecule has 0 saturated heterocycles. The lowest BCUT2D eigenvalue weighted by molar-refractivity contribution is 0.414. The maximum absolute atomic E-state index is 12.5. The molecule has 0 aliphatic heterocycles. The number of fused-ring (bicyclic) bond motifs is 1. The Labute approximate surface area is 173 Å². The van der Waals surface area contributed by atoms with Gasteiger partial charge in [0, 0.05) is 42.6 Å². The van der Waals surface area contributed by atoms with Crippen LogP contribution in [0.15, 0.2) is 61.7 Å². The van der Waals surface area contributed by atoms with Gasteiger partial charge >= 0.3 is 5.63 Å². The van der Waals surface area contributed by atoms with Crippen molar-refractivity contribution < 1.29 is 17.6 Å². The number of sulfonamides is 1. The molecule has 9 heteroatoms. The van der Waals surface area contributed by atoms with Gasteiger partial charge in [0.15, 0.2) is 0 Å². The fraction of sp³-hybridized carbons (Fsp3) is 0.300. The Balaban J connectivity index is 1.81. The van der Waals surface area contributed by atoms with Crippen LogP contribution in [0.25, 0.3) is 11.0 Å². The Morgan fingerprint density at radius 3 is 2.52 bits per heavy atom. The fourth-order valence-electron chi connectivity index (χ4n) is 2.93. The van der Waals surface area contributed by atoms with Gasteiger partial charge < -0.3 is 9.15 Å². The number of hydrogen-bond acceptors (Lipinski definition) is 7. The van der Waals surface area contributed by atoms with E-state index in [9.17, 15) is 13.2 Å². The van der Waals surface area contributed by atoms with Gasteiger partial charge in [-0.25, -0.2) is 18.2 Å². The van der Waals surface area contributed by atoms with Crippen LogP contribution in [0.2, 0.25) is 0 Å². The summed E-state index contributed by atoms with van der Waals surface area (Å²) in [6.07, 6.45) is 1.37. The molecule has 2 heterocycles. The Hall–Kier alpha value is -2.36. The lowest BCUT2D eigenvalue weighted by Crippen LogP contribution is -2.30. The molecule has 29 heavy (non-hydrogen) atoms. The molecule has 0 N–H and O–H groups in total. The fourth-order valence-corrected chi connectivity index (χ4v) is 5.16. The third kappa shape index (κ3) is 4.63. The third-order valence-electron chi connectivity index (χ3n) is 4.47. The molecule has 7 nitrogen and oxygen atoms in total. The van der Waals surface area contributed by atoms with Gasteiger partial charge in [-0.1, -0.05) is 13.8 Å². The molecule has 0 unspecified atom stereocenters. The summed E-state index contributed by atoms with van der Waals surface area (Å²) in [6, 6.07) is 10.0. The second-order valence-corrected chi connectivity index (χ2v) is 9.10. The van der Waals surface area contributed by atoms with E-state index in [0.29, 0.717) is 35.2 Å². The van der Waals surface area contributed by atoms with Gasteiger partial charge in [0.05, 0.1) is 12.1 Å². The number of aromatic nitrogens is 1. The smallest absolute Gasteiger partial charge is 0.336 e. The highest BCUT2D eigenvalue weighted by Gasteiger charge is 2.21. The maximum Gasteiger partial charge on any atom is 0.336 e. The van der Waals surface area contributed by atoms with Gasteiger partial charge in [0.25, 0.3) is 0 Å². The molecule has 3 aromatic rings. The van der Waals surface area contributed by atoms with E-state index in [-0.39, 0.29) is 4.90 Å². The van der Waals surface area contributed by atoms with Crippen LogP contribution < -0.4 is 10.4 Å². The van der Waals surface area contributed by atoms with Gasteiger partial charge in [-0.15, -0.1) is 11.8 Å². The number of rotatable bonds is 8. The van der Waals surface area contributed by atoms with Crippen molar-refractivity contribution in [1.82, 2.24) is 9.29 Å². The second kappa shape index (κ2) is 8.98. The van der Waals surface area contributed by atoms with E-state index < -0.39 is 15.6 Å². The van der Waals surface area contributed by atoms with E-state index in [1.807, 2.05) is 12.1 Å². The van der Waals surface area contributed by atoms with E-state index in [2.05, 4.69) is 4.98 Å². The highest BCUT2D eigenvalue weighted by atomic mass is 32.2. The van der Waals surface area contributed by atoms with Crippen molar-refractivity contribution in [2.75, 3.05) is 20.2 Å². The molecular weight excluding hydrogens is 412 g/mol. The van der Waals surface area contributed by atoms with Crippen LogP contribution in [-0.4, -0.2) is 37.9 Å². The molecular formula is C20H22N2O5S2. The van der Waals surface area contributed by atoms with Crippen molar-refractivity contribution in [1.29, 1.82) is 0 Å². The largest absolute Gasteiger partial charge is 0.497 e. The molecule has 1 aromatic carbocycles. The SMILES string of the molecule is CCN(CC)S(=O)(=O)c1ccc(SCc2cc(=O)oc3cc(OC)ccc23)nc1. The summed E-state index contributed by atoms with van der Waals surface area (Å²) in [7, 11) is -1.98. The Bertz CT molecular complexity index is 1150. The molecule has 0 spiro atoms. The van der Waals surface area contributed by atoms with E-state index in [1.165, 1.54) is 28.3 Å². The summed E-state index contributed by atoms with van der Waals surface area (Å²) >= 11 is 1.41. The van der Waals surface area contributed by atoms with Gasteiger partial charge in [-0.05, 0) is 29.8 Å². The van der Waals surface area contributed by atoms with E-state index in [1.54, 1.807) is 39.2 Å². The van der Waals surface area contributed by atoms with Crippen molar-refractivity contribution in [3.05, 3.63) is 58.6 Å². The number of nitrogens with zero attached hydrogens (tertiary/aromatic N) is 2. The molecule has 0 saturated carbocycles. The zero-order valence-electron chi connectivity index (χ0n) is 16.4. The average molecular weight is 435 g/mol. The zero-order chi connectivity index (χ0) is 21.0. The first-order valence-corrected chi connectivity index (χ1v) is 11.5. The Kier molecular flexibility index (Phi) is 6.61. The number of hydrogen-bond donors (Lipinski definition) is 0. The maximum atomic E-state index is 12.5. The van der Waals surface area contributed by atoms with Crippen LogP contribution >= 0.6 is 11.8 Å². The van der Waals surface area contributed by atoms with Gasteiger partial charge in [-0.2, -0.15) is 4.31 Å². The minimum Gasteiger partial charge on any atom is -0.497 e. The van der Waals surface area contributed by atoms with Crippen molar-refractivity contribution in [3.63, 3.8) is 0 Å². The second-order valence-electron chi connectivity index (χ2n) is 6.16. The number of benzene rings is 1. The normalized spacial score (nSPS) is 11.9. The lowest BCUT2D eigenvalue weighted by Gasteiger charge is -2.18. The summed E-state index contributed by atoms with van der Waals surface area (Å²) < 4.78 is 36.9. The number of ether oxygens (including phenoxy) is 1. The monoisotopic (exact) mass is 434 g/mol. The van der Waals surface area contributed by atoms with Gasteiger partial charge in [0.2, 0.25) is 10.0 Å². The molecule has 0 atom stereocenters. The molecule has 0 amide bonds. The number of pyridine rings is 1. The number of methoxy groups -OCH3 is 1. The topological polar surface area (TPSA) is 89.7 Å². The molecule has 0 radical (unpaired) electrons. The van der Waals surface area contributed by atoms with E-state index in [4.69, 9.17) is 9.15 Å². The van der Waals surface area contributed by atoms with E-state index >= 15 is 0 Å². The van der Waals surface area contributed by atoms with Crippen LogP contribution in [0.3, 0.4) is 0 Å². The molecule has 0 fully saturated rings. The highest BCUT2D eigenvalue weighted by Crippen LogP contribution is 2.28. The summed E-state index contributed by atoms with van der Waals surface area (Å²) in [6.45, 7) is 4.41. The Morgan fingerprint density at radius 2 is 1.90 bits per heavy atom. The quantitative estimate of drug-likeness (QED) is 0.396. The Morgan fingerprint density at radius 1 is 1.14 bits per heavy atom. The number of thioether (sulfide) groups is 1. The van der Waals surface area contributed by atoms with Gasteiger partial charge in [-0.3, -0.25) is 0 Å². The average Bonchev–Trinajstić information content (AvgIpc) is 2.72. The molecule has 0 aliphatic carbocycles. The van der Waals surface area contributed by atoms with E-state index in [0.717, 1.165) is 10.9 Å². The molecule has 0 bridgehead atoms. The molecule has 154 valence electrons. The van der Waals surface area contributed by atoms with Crippen molar-refractivity contribution in [2.45, 2.75) is 29.5 Å². The minimum absolute atomic E-state index is 0.170. The van der Waals surface area contributed by atoms with Crippen molar-refractivity contribution >= 4 is 32.8 Å². The molecule has 0 aliphatic rings. The van der Waals surface area contributed by atoms with Crippen LogP contribution in [0, 0.1) is 0 Å². The minimum atomic E-state index is -3.53. The summed E-state index contributed by atoms with van der Waals surface area (Å²) in [4.78, 5) is 16.3. The van der Waals surface area contributed by atoms with Crippen LogP contribution in [-0.2, 0) is 15.8 Å². The first kappa shape index (κ1) is 21.4.